The summed E-state index contributed by atoms with van der Waals surface area (Å²) in [6.07, 6.45) is 4.11. The number of nitrogens with zero attached hydrogens (tertiary/aromatic N) is 1. The molecule has 2 heterocycles. The van der Waals surface area contributed by atoms with E-state index in [2.05, 4.69) is 31.2 Å². The van der Waals surface area contributed by atoms with Crippen LogP contribution in [0.2, 0.25) is 0 Å². The lowest BCUT2D eigenvalue weighted by Crippen LogP contribution is -2.52. The van der Waals surface area contributed by atoms with E-state index in [0.29, 0.717) is 35.9 Å². The number of carbonyl (C=O) groups excluding carboxylic acids is 2. The molecule has 33 heavy (non-hydrogen) atoms. The van der Waals surface area contributed by atoms with Crippen molar-refractivity contribution in [1.82, 2.24) is 10.4 Å². The normalized spacial score (nSPS) is 17.6. The summed E-state index contributed by atoms with van der Waals surface area (Å²) >= 11 is 0. The minimum atomic E-state index is -0.370. The maximum Gasteiger partial charge on any atom is 0.274 e. The summed E-state index contributed by atoms with van der Waals surface area (Å²) < 4.78 is 6.44. The van der Waals surface area contributed by atoms with Crippen LogP contribution in [-0.2, 0) is 4.84 Å². The van der Waals surface area contributed by atoms with Crippen molar-refractivity contribution in [3.63, 3.8) is 0 Å². The molecule has 1 spiro atoms. The van der Waals surface area contributed by atoms with Gasteiger partial charge in [-0.05, 0) is 55.7 Å². The summed E-state index contributed by atoms with van der Waals surface area (Å²) in [6, 6.07) is 13.6. The molecule has 2 aromatic rings. The van der Waals surface area contributed by atoms with Crippen LogP contribution in [0.3, 0.4) is 0 Å². The molecule has 0 radical (unpaired) electrons. The molecule has 176 valence electrons. The van der Waals surface area contributed by atoms with Crippen LogP contribution in [0.4, 0.5) is 0 Å². The van der Waals surface area contributed by atoms with Crippen molar-refractivity contribution < 1.29 is 19.2 Å². The highest BCUT2D eigenvalue weighted by Gasteiger charge is 2.43. The van der Waals surface area contributed by atoms with Crippen LogP contribution in [-0.4, -0.2) is 47.9 Å². The fourth-order valence-electron chi connectivity index (χ4n) is 4.61. The number of nitrogens with one attached hydrogen (secondary N) is 1. The Morgan fingerprint density at radius 1 is 1.12 bits per heavy atom. The van der Waals surface area contributed by atoms with E-state index in [4.69, 9.17) is 9.57 Å². The SMILES string of the molecule is CCCCONC(=O)c1ccc(-c2ccc3c(c2)C(=O)CC2(CCN(C(C)C)CC2)O3)cc1. The molecule has 0 aromatic heterocycles. The van der Waals surface area contributed by atoms with Crippen molar-refractivity contribution >= 4 is 11.7 Å². The number of ether oxygens (including phenoxy) is 1. The molecular weight excluding hydrogens is 416 g/mol. The van der Waals surface area contributed by atoms with Crippen LogP contribution < -0.4 is 10.2 Å². The minimum absolute atomic E-state index is 0.149. The third kappa shape index (κ3) is 5.28. The lowest BCUT2D eigenvalue weighted by atomic mass is 9.81. The van der Waals surface area contributed by atoms with Gasteiger partial charge in [0.15, 0.2) is 5.78 Å². The van der Waals surface area contributed by atoms with Crippen molar-refractivity contribution in [2.24, 2.45) is 0 Å². The number of fused-ring (bicyclic) bond motifs is 1. The summed E-state index contributed by atoms with van der Waals surface area (Å²) in [5, 5.41) is 0. The number of Topliss-reactive ketones (excluding diaryl/α,β-unsaturated/α-hetero) is 1. The van der Waals surface area contributed by atoms with Crippen LogP contribution in [0, 0.1) is 0 Å². The van der Waals surface area contributed by atoms with Crippen molar-refractivity contribution in [2.45, 2.75) is 64.5 Å². The Kier molecular flexibility index (Phi) is 7.15. The molecule has 0 atom stereocenters. The number of rotatable bonds is 7. The van der Waals surface area contributed by atoms with Gasteiger partial charge in [0, 0.05) is 37.5 Å². The molecule has 1 fully saturated rings. The van der Waals surface area contributed by atoms with Crippen LogP contribution in [0.1, 0.15) is 73.6 Å². The number of ketones is 1. The molecule has 6 heteroatoms. The standard InChI is InChI=1S/C27H34N2O4/c1-4-5-16-32-28-26(31)21-8-6-20(7-9-21)22-10-11-25-23(17-22)24(30)18-27(33-25)12-14-29(15-13-27)19(2)3/h6-11,17,19H,4-5,12-16,18H2,1-3H3,(H,28,31). The van der Waals surface area contributed by atoms with E-state index in [1.54, 1.807) is 12.1 Å². The first-order valence-electron chi connectivity index (χ1n) is 12.0. The first kappa shape index (κ1) is 23.5. The third-order valence-electron chi connectivity index (χ3n) is 6.77. The van der Waals surface area contributed by atoms with Gasteiger partial charge in [-0.25, -0.2) is 5.48 Å². The van der Waals surface area contributed by atoms with Crippen LogP contribution in [0.25, 0.3) is 11.1 Å². The van der Waals surface area contributed by atoms with Gasteiger partial charge in [-0.1, -0.05) is 31.5 Å². The average Bonchev–Trinajstić information content (AvgIpc) is 2.82. The number of carbonyl (C=O) groups is 2. The van der Waals surface area contributed by atoms with Gasteiger partial charge in [0.05, 0.1) is 18.6 Å². The van der Waals surface area contributed by atoms with Crippen molar-refractivity contribution in [3.05, 3.63) is 53.6 Å². The maximum atomic E-state index is 13.1. The molecule has 1 N–H and O–H groups in total. The summed E-state index contributed by atoms with van der Waals surface area (Å²) in [6.45, 7) is 8.91. The van der Waals surface area contributed by atoms with Crippen molar-refractivity contribution in [1.29, 1.82) is 0 Å². The van der Waals surface area contributed by atoms with Gasteiger partial charge in [-0.15, -0.1) is 0 Å². The first-order chi connectivity index (χ1) is 15.9. The Balaban J connectivity index is 1.44. The van der Waals surface area contributed by atoms with Crippen LogP contribution >= 0.6 is 0 Å². The van der Waals surface area contributed by atoms with E-state index >= 15 is 0 Å². The molecule has 2 aliphatic heterocycles. The van der Waals surface area contributed by atoms with Gasteiger partial charge >= 0.3 is 0 Å². The molecular formula is C27H34N2O4. The number of hydrogen-bond acceptors (Lipinski definition) is 5. The molecule has 2 aliphatic rings. The van der Waals surface area contributed by atoms with E-state index in [1.165, 1.54) is 0 Å². The van der Waals surface area contributed by atoms with E-state index in [0.717, 1.165) is 49.9 Å². The molecule has 0 saturated carbocycles. The van der Waals surface area contributed by atoms with Gasteiger partial charge in [-0.2, -0.15) is 0 Å². The zero-order valence-corrected chi connectivity index (χ0v) is 19.9. The molecule has 2 aromatic carbocycles. The molecule has 6 nitrogen and oxygen atoms in total. The third-order valence-corrected chi connectivity index (χ3v) is 6.77. The Morgan fingerprint density at radius 3 is 2.48 bits per heavy atom. The monoisotopic (exact) mass is 450 g/mol. The zero-order valence-electron chi connectivity index (χ0n) is 19.9. The van der Waals surface area contributed by atoms with Crippen molar-refractivity contribution in [3.8, 4) is 16.9 Å². The lowest BCUT2D eigenvalue weighted by Gasteiger charge is -2.45. The first-order valence-corrected chi connectivity index (χ1v) is 12.0. The second-order valence-electron chi connectivity index (χ2n) is 9.44. The topological polar surface area (TPSA) is 67.9 Å². The molecule has 4 rings (SSSR count). The summed E-state index contributed by atoms with van der Waals surface area (Å²) in [5.41, 5.74) is 5.16. The summed E-state index contributed by atoms with van der Waals surface area (Å²) in [7, 11) is 0. The Labute approximate surface area is 196 Å². The largest absolute Gasteiger partial charge is 0.486 e. The van der Waals surface area contributed by atoms with Gasteiger partial charge in [0.25, 0.3) is 5.91 Å². The Bertz CT molecular complexity index is 992. The average molecular weight is 451 g/mol. The molecule has 0 aliphatic carbocycles. The highest BCUT2D eigenvalue weighted by atomic mass is 16.6. The number of amides is 1. The highest BCUT2D eigenvalue weighted by molar-refractivity contribution is 6.01. The van der Waals surface area contributed by atoms with Gasteiger partial charge < -0.3 is 9.64 Å². The number of hydrogen-bond donors (Lipinski definition) is 1. The van der Waals surface area contributed by atoms with Gasteiger partial charge in [-0.3, -0.25) is 14.4 Å². The number of hydroxylamine groups is 1. The van der Waals surface area contributed by atoms with E-state index in [9.17, 15) is 9.59 Å². The van der Waals surface area contributed by atoms with Crippen LogP contribution in [0.15, 0.2) is 42.5 Å². The zero-order chi connectivity index (χ0) is 23.4. The minimum Gasteiger partial charge on any atom is -0.486 e. The predicted molar refractivity (Wildman–Crippen MR) is 128 cm³/mol. The maximum absolute atomic E-state index is 13.1. The smallest absolute Gasteiger partial charge is 0.274 e. The van der Waals surface area contributed by atoms with Gasteiger partial charge in [0.1, 0.15) is 11.4 Å². The second kappa shape index (κ2) is 10.1. The number of benzene rings is 2. The van der Waals surface area contributed by atoms with E-state index in [1.807, 2.05) is 30.3 Å². The molecule has 0 bridgehead atoms. The summed E-state index contributed by atoms with van der Waals surface area (Å²) in [4.78, 5) is 32.9. The predicted octanol–water partition coefficient (Wildman–Crippen LogP) is 5.02. The Hall–Kier alpha value is -2.70. The number of piperidine rings is 1. The number of unbranched alkanes of at least 4 members (excludes halogenated alkanes) is 1. The Morgan fingerprint density at radius 2 is 1.82 bits per heavy atom. The number of likely N-dealkylation sites (tertiary alicyclic amines) is 1. The molecule has 1 amide bonds. The summed E-state index contributed by atoms with van der Waals surface area (Å²) in [5.74, 6) is 0.574. The van der Waals surface area contributed by atoms with Crippen LogP contribution in [0.5, 0.6) is 5.75 Å². The fourth-order valence-corrected chi connectivity index (χ4v) is 4.61. The lowest BCUT2D eigenvalue weighted by molar-refractivity contribution is -0.0153. The van der Waals surface area contributed by atoms with E-state index < -0.39 is 0 Å². The fraction of sp³-hybridized carbons (Fsp3) is 0.481. The quantitative estimate of drug-likeness (QED) is 0.474. The molecule has 1 saturated heterocycles. The van der Waals surface area contributed by atoms with Gasteiger partial charge in [0.2, 0.25) is 0 Å². The van der Waals surface area contributed by atoms with Crippen molar-refractivity contribution in [2.75, 3.05) is 19.7 Å². The molecule has 0 unspecified atom stereocenters. The highest BCUT2D eigenvalue weighted by Crippen LogP contribution is 2.41. The second-order valence-corrected chi connectivity index (χ2v) is 9.44. The van der Waals surface area contributed by atoms with E-state index in [-0.39, 0.29) is 17.3 Å².